The predicted molar refractivity (Wildman–Crippen MR) is 74.1 cm³/mol. The molecule has 2 N–H and O–H groups in total. The third kappa shape index (κ3) is 2.65. The molecule has 4 heteroatoms. The minimum absolute atomic E-state index is 0.0258. The Balaban J connectivity index is 1.80. The molecule has 1 aliphatic carbocycles. The van der Waals surface area contributed by atoms with E-state index in [-0.39, 0.29) is 6.04 Å². The first kappa shape index (κ1) is 12.6. The maximum absolute atomic E-state index is 12.4. The zero-order valence-corrected chi connectivity index (χ0v) is 11.1. The number of Topliss-reactive ketones (excluding diaryl/α,β-unsaturated/α-hetero) is 1. The second-order valence-corrected chi connectivity index (χ2v) is 5.39. The van der Waals surface area contributed by atoms with E-state index in [1.165, 1.54) is 5.56 Å². The molecule has 1 fully saturated rings. The number of anilines is 1. The Hall–Kier alpha value is -1.39. The number of nitrogen functional groups attached to an aromatic ring is 1. The lowest BCUT2D eigenvalue weighted by molar-refractivity contribution is -0.124. The molecule has 4 nitrogen and oxygen atoms in total. The van der Waals surface area contributed by atoms with Gasteiger partial charge in [-0.25, -0.2) is 0 Å². The largest absolute Gasteiger partial charge is 0.399 e. The van der Waals surface area contributed by atoms with Crippen LogP contribution in [-0.4, -0.2) is 43.0 Å². The van der Waals surface area contributed by atoms with E-state index in [0.717, 1.165) is 50.4 Å². The molecular weight excluding hydrogens is 240 g/mol. The molecule has 0 saturated carbocycles. The van der Waals surface area contributed by atoms with Gasteiger partial charge in [-0.15, -0.1) is 0 Å². The highest BCUT2D eigenvalue weighted by atomic mass is 16.5. The van der Waals surface area contributed by atoms with Gasteiger partial charge >= 0.3 is 0 Å². The highest BCUT2D eigenvalue weighted by Gasteiger charge is 2.31. The number of nitrogens with two attached hydrogens (primary N) is 1. The first-order valence-corrected chi connectivity index (χ1v) is 6.96. The van der Waals surface area contributed by atoms with E-state index in [1.807, 2.05) is 12.1 Å². The van der Waals surface area contributed by atoms with E-state index in [9.17, 15) is 4.79 Å². The Kier molecular flexibility index (Phi) is 3.53. The zero-order valence-electron chi connectivity index (χ0n) is 11.1. The molecule has 1 saturated heterocycles. The van der Waals surface area contributed by atoms with E-state index < -0.39 is 0 Å². The van der Waals surface area contributed by atoms with Crippen LogP contribution >= 0.6 is 0 Å². The predicted octanol–water partition coefficient (Wildman–Crippen LogP) is 1.03. The van der Waals surface area contributed by atoms with Gasteiger partial charge < -0.3 is 10.5 Å². The van der Waals surface area contributed by atoms with Crippen molar-refractivity contribution in [2.24, 2.45) is 0 Å². The maximum atomic E-state index is 12.4. The first-order valence-electron chi connectivity index (χ1n) is 6.96. The second kappa shape index (κ2) is 5.31. The summed E-state index contributed by atoms with van der Waals surface area (Å²) in [5, 5.41) is 0. The molecule has 0 aromatic heterocycles. The van der Waals surface area contributed by atoms with E-state index in [0.29, 0.717) is 12.2 Å². The molecule has 1 atom stereocenters. The summed E-state index contributed by atoms with van der Waals surface area (Å²) in [5.41, 5.74) is 8.90. The molecule has 1 aliphatic heterocycles. The second-order valence-electron chi connectivity index (χ2n) is 5.39. The molecule has 1 aromatic carbocycles. The highest BCUT2D eigenvalue weighted by molar-refractivity contribution is 5.88. The summed E-state index contributed by atoms with van der Waals surface area (Å²) in [5.74, 6) is 0.319. The van der Waals surface area contributed by atoms with E-state index >= 15 is 0 Å². The van der Waals surface area contributed by atoms with Gasteiger partial charge in [0, 0.05) is 31.8 Å². The Morgan fingerprint density at radius 1 is 1.21 bits per heavy atom. The molecular formula is C15H20N2O2. The minimum atomic E-state index is 0.0258. The number of hydrogen-bond acceptors (Lipinski definition) is 4. The number of nitrogens with zero attached hydrogens (tertiary/aromatic N) is 1. The van der Waals surface area contributed by atoms with Gasteiger partial charge in [0.2, 0.25) is 0 Å². The number of fused-ring (bicyclic) bond motifs is 1. The highest BCUT2D eigenvalue weighted by Crippen LogP contribution is 2.24. The van der Waals surface area contributed by atoms with Crippen molar-refractivity contribution >= 4 is 11.5 Å². The number of benzene rings is 1. The average molecular weight is 260 g/mol. The molecule has 2 aliphatic rings. The summed E-state index contributed by atoms with van der Waals surface area (Å²) in [4.78, 5) is 14.6. The van der Waals surface area contributed by atoms with Gasteiger partial charge in [-0.05, 0) is 36.1 Å². The van der Waals surface area contributed by atoms with Crippen LogP contribution in [-0.2, 0) is 22.4 Å². The van der Waals surface area contributed by atoms with Crippen LogP contribution in [0.2, 0.25) is 0 Å². The Morgan fingerprint density at radius 3 is 3.00 bits per heavy atom. The number of carbonyl (C=O) groups is 1. The van der Waals surface area contributed by atoms with E-state index in [2.05, 4.69) is 11.0 Å². The molecule has 0 amide bonds. The number of ether oxygens (including phenoxy) is 1. The molecule has 0 spiro atoms. The zero-order chi connectivity index (χ0) is 13.2. The quantitative estimate of drug-likeness (QED) is 0.766. The number of ketones is 1. The topological polar surface area (TPSA) is 55.6 Å². The van der Waals surface area contributed by atoms with Crippen LogP contribution in [0.25, 0.3) is 0 Å². The van der Waals surface area contributed by atoms with Crippen molar-refractivity contribution in [3.63, 3.8) is 0 Å². The molecule has 0 radical (unpaired) electrons. The van der Waals surface area contributed by atoms with Gasteiger partial charge in [0.05, 0.1) is 12.6 Å². The van der Waals surface area contributed by atoms with Gasteiger partial charge in [-0.1, -0.05) is 6.07 Å². The van der Waals surface area contributed by atoms with Crippen LogP contribution in [0.4, 0.5) is 5.69 Å². The fourth-order valence-corrected chi connectivity index (χ4v) is 3.05. The molecule has 1 aromatic rings. The molecule has 1 heterocycles. The van der Waals surface area contributed by atoms with Crippen LogP contribution < -0.4 is 5.73 Å². The number of rotatable bonds is 1. The summed E-state index contributed by atoms with van der Waals surface area (Å²) < 4.78 is 5.47. The van der Waals surface area contributed by atoms with Gasteiger partial charge in [0.25, 0.3) is 0 Å². The Bertz CT molecular complexity index is 479. The van der Waals surface area contributed by atoms with Gasteiger partial charge in [-0.2, -0.15) is 0 Å². The minimum Gasteiger partial charge on any atom is -0.399 e. The van der Waals surface area contributed by atoms with Crippen molar-refractivity contribution in [1.29, 1.82) is 0 Å². The van der Waals surface area contributed by atoms with Gasteiger partial charge in [0.1, 0.15) is 0 Å². The third-order valence-corrected chi connectivity index (χ3v) is 4.08. The molecule has 1 unspecified atom stereocenters. The van der Waals surface area contributed by atoms with E-state index in [4.69, 9.17) is 10.5 Å². The summed E-state index contributed by atoms with van der Waals surface area (Å²) in [7, 11) is 0. The normalized spacial score (nSPS) is 24.8. The summed E-state index contributed by atoms with van der Waals surface area (Å²) in [6.45, 7) is 3.37. The first-order chi connectivity index (χ1) is 9.24. The fourth-order valence-electron chi connectivity index (χ4n) is 3.05. The lowest BCUT2D eigenvalue weighted by Gasteiger charge is -2.33. The monoisotopic (exact) mass is 260 g/mol. The van der Waals surface area contributed by atoms with Crippen molar-refractivity contribution in [2.45, 2.75) is 25.3 Å². The summed E-state index contributed by atoms with van der Waals surface area (Å²) in [6.07, 6.45) is 2.34. The lowest BCUT2D eigenvalue weighted by Crippen LogP contribution is -2.46. The van der Waals surface area contributed by atoms with Crippen LogP contribution in [0.3, 0.4) is 0 Å². The Labute approximate surface area is 113 Å². The SMILES string of the molecule is Nc1ccc2c(c1)CC(=O)C(N1CCCOCC1)C2. The summed E-state index contributed by atoms with van der Waals surface area (Å²) in [6, 6.07) is 5.96. The average Bonchev–Trinajstić information content (AvgIpc) is 2.66. The van der Waals surface area contributed by atoms with Crippen molar-refractivity contribution in [1.82, 2.24) is 4.90 Å². The van der Waals surface area contributed by atoms with Crippen molar-refractivity contribution < 1.29 is 9.53 Å². The lowest BCUT2D eigenvalue weighted by atomic mass is 9.86. The number of carbonyl (C=O) groups excluding carboxylic acids is 1. The van der Waals surface area contributed by atoms with Crippen LogP contribution in [0.1, 0.15) is 17.5 Å². The van der Waals surface area contributed by atoms with E-state index in [1.54, 1.807) is 0 Å². The van der Waals surface area contributed by atoms with Crippen molar-refractivity contribution in [3.05, 3.63) is 29.3 Å². The summed E-state index contributed by atoms with van der Waals surface area (Å²) >= 11 is 0. The molecule has 3 rings (SSSR count). The van der Waals surface area contributed by atoms with Gasteiger partial charge in [-0.3, -0.25) is 9.69 Å². The molecule has 19 heavy (non-hydrogen) atoms. The van der Waals surface area contributed by atoms with Gasteiger partial charge in [0.15, 0.2) is 5.78 Å². The van der Waals surface area contributed by atoms with Crippen LogP contribution in [0.15, 0.2) is 18.2 Å². The third-order valence-electron chi connectivity index (χ3n) is 4.08. The Morgan fingerprint density at radius 2 is 2.11 bits per heavy atom. The van der Waals surface area contributed by atoms with Crippen LogP contribution in [0.5, 0.6) is 0 Å². The molecule has 102 valence electrons. The van der Waals surface area contributed by atoms with Crippen molar-refractivity contribution in [2.75, 3.05) is 32.0 Å². The number of hydrogen-bond donors (Lipinski definition) is 1. The maximum Gasteiger partial charge on any atom is 0.154 e. The standard InChI is InChI=1S/C15H20N2O2/c16-13-3-2-11-9-14(15(18)10-12(11)8-13)17-4-1-6-19-7-5-17/h2-3,8,14H,1,4-7,9-10,16H2. The van der Waals surface area contributed by atoms with Crippen LogP contribution in [0, 0.1) is 0 Å². The smallest absolute Gasteiger partial charge is 0.154 e. The van der Waals surface area contributed by atoms with Crippen molar-refractivity contribution in [3.8, 4) is 0 Å². The fraction of sp³-hybridized carbons (Fsp3) is 0.533. The molecule has 0 bridgehead atoms.